The van der Waals surface area contributed by atoms with E-state index in [9.17, 15) is 8.78 Å². The third kappa shape index (κ3) is 5.68. The van der Waals surface area contributed by atoms with Crippen LogP contribution in [0.3, 0.4) is 0 Å². The highest BCUT2D eigenvalue weighted by Gasteiger charge is 2.27. The van der Waals surface area contributed by atoms with Crippen molar-refractivity contribution in [3.8, 4) is 0 Å². The lowest BCUT2D eigenvalue weighted by Gasteiger charge is -2.15. The van der Waals surface area contributed by atoms with Gasteiger partial charge in [0.15, 0.2) is 0 Å². The van der Waals surface area contributed by atoms with Gasteiger partial charge in [-0.25, -0.2) is 18.7 Å². The van der Waals surface area contributed by atoms with Gasteiger partial charge in [0.25, 0.3) is 0 Å². The first-order chi connectivity index (χ1) is 16.1. The van der Waals surface area contributed by atoms with E-state index in [1.165, 1.54) is 24.1 Å². The van der Waals surface area contributed by atoms with E-state index >= 15 is 0 Å². The standard InChI is InChI=1S/C25H34F2N6/c1-2-18-15-33(25-23(18)24(28)31-16-32-25)21-7-4-17(12-21)14-30-10-3-9-29-11-8-19-5-6-20(26)13-22(19)27/h5-6,13,15-17,21,29-30H,2-4,7-12,14H2,1H3,(H2,28,31,32). The third-order valence-corrected chi connectivity index (χ3v) is 6.73. The number of nitrogens with two attached hydrogens (primary N) is 1. The van der Waals surface area contributed by atoms with Crippen molar-refractivity contribution in [2.45, 2.75) is 51.5 Å². The molecule has 0 spiro atoms. The Bertz CT molecular complexity index is 1070. The zero-order chi connectivity index (χ0) is 23.2. The zero-order valence-electron chi connectivity index (χ0n) is 19.3. The molecule has 0 saturated heterocycles. The van der Waals surface area contributed by atoms with Gasteiger partial charge in [-0.2, -0.15) is 0 Å². The van der Waals surface area contributed by atoms with Crippen LogP contribution in [0.5, 0.6) is 0 Å². The number of nitrogen functional groups attached to an aromatic ring is 1. The first kappa shape index (κ1) is 23.6. The van der Waals surface area contributed by atoms with Crippen molar-refractivity contribution in [1.82, 2.24) is 25.2 Å². The van der Waals surface area contributed by atoms with Gasteiger partial charge in [-0.05, 0) is 87.8 Å². The molecule has 4 N–H and O–H groups in total. The van der Waals surface area contributed by atoms with E-state index in [0.717, 1.165) is 62.4 Å². The van der Waals surface area contributed by atoms with Gasteiger partial charge in [0.2, 0.25) is 0 Å². The van der Waals surface area contributed by atoms with E-state index in [1.54, 1.807) is 6.33 Å². The Hall–Kier alpha value is -2.58. The van der Waals surface area contributed by atoms with Crippen molar-refractivity contribution >= 4 is 16.9 Å². The molecule has 1 fully saturated rings. The maximum Gasteiger partial charge on any atom is 0.146 e. The van der Waals surface area contributed by atoms with Crippen LogP contribution in [0.15, 0.2) is 30.7 Å². The number of aromatic nitrogens is 3. The highest BCUT2D eigenvalue weighted by molar-refractivity contribution is 5.89. The summed E-state index contributed by atoms with van der Waals surface area (Å²) < 4.78 is 28.9. The number of fused-ring (bicyclic) bond motifs is 1. The Morgan fingerprint density at radius 3 is 2.76 bits per heavy atom. The second-order valence-corrected chi connectivity index (χ2v) is 9.00. The zero-order valence-corrected chi connectivity index (χ0v) is 19.3. The molecule has 1 saturated carbocycles. The lowest BCUT2D eigenvalue weighted by atomic mass is 10.1. The van der Waals surface area contributed by atoms with Crippen LogP contribution >= 0.6 is 0 Å². The topological polar surface area (TPSA) is 80.8 Å². The molecule has 1 aliphatic rings. The number of halogens is 2. The first-order valence-electron chi connectivity index (χ1n) is 12.0. The molecular weight excluding hydrogens is 422 g/mol. The maximum absolute atomic E-state index is 13.6. The monoisotopic (exact) mass is 456 g/mol. The van der Waals surface area contributed by atoms with Gasteiger partial charge < -0.3 is 20.9 Å². The second-order valence-electron chi connectivity index (χ2n) is 9.00. The third-order valence-electron chi connectivity index (χ3n) is 6.73. The average molecular weight is 457 g/mol. The van der Waals surface area contributed by atoms with Crippen molar-refractivity contribution in [3.05, 3.63) is 53.5 Å². The molecule has 2 aromatic heterocycles. The number of rotatable bonds is 11. The summed E-state index contributed by atoms with van der Waals surface area (Å²) in [6.07, 6.45) is 9.79. The highest BCUT2D eigenvalue weighted by Crippen LogP contribution is 2.37. The van der Waals surface area contributed by atoms with E-state index in [-0.39, 0.29) is 0 Å². The molecule has 0 aliphatic heterocycles. The molecule has 6 nitrogen and oxygen atoms in total. The smallest absolute Gasteiger partial charge is 0.146 e. The van der Waals surface area contributed by atoms with Crippen molar-refractivity contribution in [3.63, 3.8) is 0 Å². The molecule has 178 valence electrons. The van der Waals surface area contributed by atoms with Crippen molar-refractivity contribution < 1.29 is 8.78 Å². The van der Waals surface area contributed by atoms with E-state index in [1.807, 2.05) is 0 Å². The molecule has 8 heteroatoms. The van der Waals surface area contributed by atoms with Crippen LogP contribution in [-0.4, -0.2) is 40.7 Å². The lowest BCUT2D eigenvalue weighted by Crippen LogP contribution is -2.26. The van der Waals surface area contributed by atoms with Crippen LogP contribution < -0.4 is 16.4 Å². The van der Waals surface area contributed by atoms with Crippen molar-refractivity contribution in [1.29, 1.82) is 0 Å². The average Bonchev–Trinajstić information content (AvgIpc) is 3.42. The van der Waals surface area contributed by atoms with Gasteiger partial charge in [0.1, 0.15) is 29.4 Å². The van der Waals surface area contributed by atoms with Gasteiger partial charge in [0.05, 0.1) is 5.39 Å². The summed E-state index contributed by atoms with van der Waals surface area (Å²) >= 11 is 0. The maximum atomic E-state index is 13.6. The number of nitrogens with zero attached hydrogens (tertiary/aromatic N) is 3. The largest absolute Gasteiger partial charge is 0.383 e. The quantitative estimate of drug-likeness (QED) is 0.380. The van der Waals surface area contributed by atoms with E-state index in [4.69, 9.17) is 5.73 Å². The van der Waals surface area contributed by atoms with Crippen LogP contribution in [0.25, 0.3) is 11.0 Å². The van der Waals surface area contributed by atoms with Crippen LogP contribution in [0.2, 0.25) is 0 Å². The predicted molar refractivity (Wildman–Crippen MR) is 128 cm³/mol. The van der Waals surface area contributed by atoms with Gasteiger partial charge >= 0.3 is 0 Å². The summed E-state index contributed by atoms with van der Waals surface area (Å²) in [7, 11) is 0. The van der Waals surface area contributed by atoms with Crippen LogP contribution in [-0.2, 0) is 12.8 Å². The Balaban J connectivity index is 1.15. The Kier molecular flexibility index (Phi) is 7.88. The molecule has 2 heterocycles. The van der Waals surface area contributed by atoms with Gasteiger partial charge in [-0.3, -0.25) is 0 Å². The van der Waals surface area contributed by atoms with E-state index in [0.29, 0.717) is 36.3 Å². The Morgan fingerprint density at radius 2 is 1.94 bits per heavy atom. The van der Waals surface area contributed by atoms with Crippen molar-refractivity contribution in [2.24, 2.45) is 5.92 Å². The normalized spacial score (nSPS) is 18.4. The summed E-state index contributed by atoms with van der Waals surface area (Å²) in [6.45, 7) is 5.68. The summed E-state index contributed by atoms with van der Waals surface area (Å²) in [5, 5.41) is 7.94. The fraction of sp³-hybridized carbons (Fsp3) is 0.520. The number of nitrogens with one attached hydrogen (secondary N) is 2. The minimum atomic E-state index is -0.532. The van der Waals surface area contributed by atoms with E-state index < -0.39 is 11.6 Å². The number of aryl methyl sites for hydroxylation is 1. The number of anilines is 1. The van der Waals surface area contributed by atoms with Gasteiger partial charge in [-0.1, -0.05) is 13.0 Å². The molecule has 2 atom stereocenters. The molecule has 33 heavy (non-hydrogen) atoms. The van der Waals surface area contributed by atoms with E-state index in [2.05, 4.69) is 38.3 Å². The van der Waals surface area contributed by atoms with Crippen LogP contribution in [0.1, 0.15) is 49.8 Å². The first-order valence-corrected chi connectivity index (χ1v) is 12.0. The molecule has 1 aliphatic carbocycles. The lowest BCUT2D eigenvalue weighted by molar-refractivity contribution is 0.451. The van der Waals surface area contributed by atoms with Gasteiger partial charge in [0, 0.05) is 18.3 Å². The molecular formula is C25H34F2N6. The molecule has 2 unspecified atom stereocenters. The van der Waals surface area contributed by atoms with Crippen LogP contribution in [0, 0.1) is 17.6 Å². The minimum Gasteiger partial charge on any atom is -0.383 e. The predicted octanol–water partition coefficient (Wildman–Crippen LogP) is 4.01. The fourth-order valence-corrected chi connectivity index (χ4v) is 4.94. The minimum absolute atomic E-state index is 0.461. The summed E-state index contributed by atoms with van der Waals surface area (Å²) in [5.41, 5.74) is 8.86. The van der Waals surface area contributed by atoms with Crippen molar-refractivity contribution in [2.75, 3.05) is 31.9 Å². The molecule has 3 aromatic rings. The second kappa shape index (κ2) is 11.0. The Morgan fingerprint density at radius 1 is 1.09 bits per heavy atom. The number of benzene rings is 1. The van der Waals surface area contributed by atoms with Gasteiger partial charge in [-0.15, -0.1) is 0 Å². The molecule has 4 rings (SSSR count). The summed E-state index contributed by atoms with van der Waals surface area (Å²) in [6, 6.07) is 4.23. The molecule has 0 bridgehead atoms. The Labute approximate surface area is 194 Å². The molecule has 0 amide bonds. The SMILES string of the molecule is CCc1cn(C2CCC(CNCCCNCCc3ccc(F)cc3F)C2)c2ncnc(N)c12. The number of hydrogen-bond donors (Lipinski definition) is 3. The fourth-order valence-electron chi connectivity index (χ4n) is 4.94. The summed E-state index contributed by atoms with van der Waals surface area (Å²) in [5.74, 6) is 0.229. The molecule has 0 radical (unpaired) electrons. The number of hydrogen-bond acceptors (Lipinski definition) is 5. The van der Waals surface area contributed by atoms with Crippen LogP contribution in [0.4, 0.5) is 14.6 Å². The molecule has 1 aromatic carbocycles. The highest BCUT2D eigenvalue weighted by atomic mass is 19.1. The summed E-state index contributed by atoms with van der Waals surface area (Å²) in [4.78, 5) is 8.71.